The van der Waals surface area contributed by atoms with Crippen LogP contribution in [0.5, 0.6) is 0 Å². The maximum Gasteiger partial charge on any atom is 0.305 e. The molecule has 0 radical (unpaired) electrons. The standard InChI is InChI=1S/C36H65NO15/c1-2-3-4-5-6-7-36(40)52-33-32-51-31-30-50-29-28-49-27-26-48-25-24-47-23-22-46-21-20-45-19-18-44-17-16-43-15-14-42-13-12-41-11-10-37-34(38)8-9-35(37)39/h8-9H,2-7,10-33H2,1H3. The summed E-state index contributed by atoms with van der Waals surface area (Å²) in [6.07, 6.45) is 8.55. The number of amides is 2. The Morgan fingerprint density at radius 3 is 1.04 bits per heavy atom. The summed E-state index contributed by atoms with van der Waals surface area (Å²) in [4.78, 5) is 35.6. The van der Waals surface area contributed by atoms with Crippen LogP contribution in [-0.4, -0.2) is 181 Å². The smallest absolute Gasteiger partial charge is 0.305 e. The van der Waals surface area contributed by atoms with Gasteiger partial charge in [-0.25, -0.2) is 0 Å². The van der Waals surface area contributed by atoms with Crippen molar-refractivity contribution < 1.29 is 71.2 Å². The fourth-order valence-electron chi connectivity index (χ4n) is 4.27. The van der Waals surface area contributed by atoms with Crippen LogP contribution in [0.3, 0.4) is 0 Å². The van der Waals surface area contributed by atoms with E-state index in [1.54, 1.807) is 0 Å². The monoisotopic (exact) mass is 751 g/mol. The van der Waals surface area contributed by atoms with Crippen molar-refractivity contribution in [2.45, 2.75) is 45.4 Å². The second kappa shape index (κ2) is 38.6. The number of ether oxygens (including phenoxy) is 12. The summed E-state index contributed by atoms with van der Waals surface area (Å²) in [5.74, 6) is -0.772. The molecule has 1 rings (SSSR count). The predicted molar refractivity (Wildman–Crippen MR) is 189 cm³/mol. The van der Waals surface area contributed by atoms with Gasteiger partial charge in [-0.15, -0.1) is 0 Å². The lowest BCUT2D eigenvalue weighted by Gasteiger charge is -2.13. The summed E-state index contributed by atoms with van der Waals surface area (Å²) in [6.45, 7) is 12.6. The molecule has 2 amide bonds. The Hall–Kier alpha value is -2.09. The van der Waals surface area contributed by atoms with E-state index in [2.05, 4.69) is 6.92 Å². The molecular formula is C36H65NO15. The first-order valence-corrected chi connectivity index (χ1v) is 18.7. The van der Waals surface area contributed by atoms with Gasteiger partial charge >= 0.3 is 5.97 Å². The van der Waals surface area contributed by atoms with E-state index in [-0.39, 0.29) is 37.5 Å². The molecule has 0 spiro atoms. The van der Waals surface area contributed by atoms with E-state index in [9.17, 15) is 14.4 Å². The number of hydrogen-bond donors (Lipinski definition) is 0. The molecule has 1 aliphatic heterocycles. The maximum absolute atomic E-state index is 11.6. The Balaban J connectivity index is 1.63. The fraction of sp³-hybridized carbons (Fsp3) is 0.861. The van der Waals surface area contributed by atoms with Crippen LogP contribution in [-0.2, 0) is 71.2 Å². The third kappa shape index (κ3) is 32.6. The van der Waals surface area contributed by atoms with Crippen molar-refractivity contribution in [2.24, 2.45) is 0 Å². The topological polar surface area (TPSA) is 165 Å². The van der Waals surface area contributed by atoms with Crippen LogP contribution in [0.2, 0.25) is 0 Å². The first kappa shape index (κ1) is 47.9. The molecule has 0 fully saturated rings. The van der Waals surface area contributed by atoms with Crippen molar-refractivity contribution in [1.82, 2.24) is 4.90 Å². The molecule has 1 heterocycles. The largest absolute Gasteiger partial charge is 0.463 e. The lowest BCUT2D eigenvalue weighted by molar-refractivity contribution is -0.145. The predicted octanol–water partition coefficient (Wildman–Crippen LogP) is 2.00. The van der Waals surface area contributed by atoms with Gasteiger partial charge in [-0.1, -0.05) is 32.6 Å². The van der Waals surface area contributed by atoms with E-state index in [1.165, 1.54) is 31.4 Å². The molecule has 0 saturated carbocycles. The van der Waals surface area contributed by atoms with E-state index in [4.69, 9.17) is 56.8 Å². The highest BCUT2D eigenvalue weighted by molar-refractivity contribution is 6.12. The normalized spacial score (nSPS) is 12.8. The number of esters is 1. The third-order valence-corrected chi connectivity index (χ3v) is 7.06. The first-order valence-electron chi connectivity index (χ1n) is 18.7. The number of carbonyl (C=O) groups excluding carboxylic acids is 3. The number of imide groups is 1. The van der Waals surface area contributed by atoms with Gasteiger partial charge in [0.1, 0.15) is 6.61 Å². The zero-order valence-corrected chi connectivity index (χ0v) is 31.4. The zero-order valence-electron chi connectivity index (χ0n) is 31.4. The van der Waals surface area contributed by atoms with Gasteiger partial charge in [0.2, 0.25) is 0 Å². The highest BCUT2D eigenvalue weighted by Gasteiger charge is 2.22. The summed E-state index contributed by atoms with van der Waals surface area (Å²) in [6, 6.07) is 0. The molecule has 1 aliphatic rings. The summed E-state index contributed by atoms with van der Waals surface area (Å²) < 4.78 is 65.1. The zero-order chi connectivity index (χ0) is 37.4. The minimum atomic E-state index is -0.309. The van der Waals surface area contributed by atoms with Gasteiger partial charge in [-0.05, 0) is 6.42 Å². The van der Waals surface area contributed by atoms with E-state index in [0.29, 0.717) is 145 Å². The van der Waals surface area contributed by atoms with Crippen LogP contribution in [0.4, 0.5) is 0 Å². The number of unbranched alkanes of at least 4 members (excludes halogenated alkanes) is 4. The lowest BCUT2D eigenvalue weighted by Crippen LogP contribution is -2.33. The Labute approximate surface area is 309 Å². The van der Waals surface area contributed by atoms with Gasteiger partial charge in [0, 0.05) is 18.6 Å². The SMILES string of the molecule is CCCCCCCC(=O)OCCOCCOCCOCCOCCOCCOCCOCCOCCOCCOCCOCCN1C(=O)C=CC1=O. The van der Waals surface area contributed by atoms with Crippen molar-refractivity contribution in [2.75, 3.05) is 159 Å². The van der Waals surface area contributed by atoms with Gasteiger partial charge in [0.15, 0.2) is 0 Å². The second-order valence-corrected chi connectivity index (χ2v) is 11.3. The second-order valence-electron chi connectivity index (χ2n) is 11.3. The molecule has 0 aromatic rings. The van der Waals surface area contributed by atoms with Crippen LogP contribution in [0.15, 0.2) is 12.2 Å². The van der Waals surface area contributed by atoms with Gasteiger partial charge in [0.25, 0.3) is 11.8 Å². The molecule has 0 aromatic heterocycles. The Kier molecular flexibility index (Phi) is 35.6. The molecule has 16 heteroatoms. The molecular weight excluding hydrogens is 686 g/mol. The molecule has 16 nitrogen and oxygen atoms in total. The average Bonchev–Trinajstić information content (AvgIpc) is 3.47. The Morgan fingerprint density at radius 2 is 0.712 bits per heavy atom. The number of hydrogen-bond acceptors (Lipinski definition) is 15. The van der Waals surface area contributed by atoms with E-state index < -0.39 is 0 Å². The van der Waals surface area contributed by atoms with Crippen molar-refractivity contribution >= 4 is 17.8 Å². The highest BCUT2D eigenvalue weighted by atomic mass is 16.6. The first-order chi connectivity index (χ1) is 25.6. The number of nitrogens with zero attached hydrogens (tertiary/aromatic N) is 1. The summed E-state index contributed by atoms with van der Waals surface area (Å²) in [5, 5.41) is 0. The summed E-state index contributed by atoms with van der Waals surface area (Å²) in [5.41, 5.74) is 0. The molecule has 0 N–H and O–H groups in total. The fourth-order valence-corrected chi connectivity index (χ4v) is 4.27. The molecule has 0 saturated heterocycles. The lowest BCUT2D eigenvalue weighted by atomic mass is 10.1. The van der Waals surface area contributed by atoms with Gasteiger partial charge < -0.3 is 56.8 Å². The van der Waals surface area contributed by atoms with Crippen LogP contribution < -0.4 is 0 Å². The summed E-state index contributed by atoms with van der Waals surface area (Å²) in [7, 11) is 0. The Morgan fingerprint density at radius 1 is 0.423 bits per heavy atom. The minimum Gasteiger partial charge on any atom is -0.463 e. The quantitative estimate of drug-likeness (QED) is 0.0505. The highest BCUT2D eigenvalue weighted by Crippen LogP contribution is 2.06. The van der Waals surface area contributed by atoms with E-state index >= 15 is 0 Å². The van der Waals surface area contributed by atoms with Crippen LogP contribution >= 0.6 is 0 Å². The van der Waals surface area contributed by atoms with Crippen LogP contribution in [0.1, 0.15) is 45.4 Å². The van der Waals surface area contributed by atoms with Crippen LogP contribution in [0.25, 0.3) is 0 Å². The van der Waals surface area contributed by atoms with Gasteiger partial charge in [-0.3, -0.25) is 19.3 Å². The molecule has 0 aromatic carbocycles. The number of carbonyl (C=O) groups is 3. The van der Waals surface area contributed by atoms with Gasteiger partial charge in [-0.2, -0.15) is 0 Å². The van der Waals surface area contributed by atoms with E-state index in [1.807, 2.05) is 0 Å². The molecule has 0 aliphatic carbocycles. The molecule has 0 bridgehead atoms. The third-order valence-electron chi connectivity index (χ3n) is 7.06. The van der Waals surface area contributed by atoms with Crippen molar-refractivity contribution in [3.63, 3.8) is 0 Å². The maximum atomic E-state index is 11.6. The minimum absolute atomic E-state index is 0.153. The van der Waals surface area contributed by atoms with Crippen LogP contribution in [0, 0.1) is 0 Å². The van der Waals surface area contributed by atoms with E-state index in [0.717, 1.165) is 17.7 Å². The molecule has 0 atom stereocenters. The average molecular weight is 752 g/mol. The Bertz CT molecular complexity index is 846. The molecule has 52 heavy (non-hydrogen) atoms. The van der Waals surface area contributed by atoms with Gasteiger partial charge in [0.05, 0.1) is 152 Å². The van der Waals surface area contributed by atoms with Crippen molar-refractivity contribution in [3.8, 4) is 0 Å². The van der Waals surface area contributed by atoms with Crippen molar-refractivity contribution in [3.05, 3.63) is 12.2 Å². The summed E-state index contributed by atoms with van der Waals surface area (Å²) >= 11 is 0. The molecule has 304 valence electrons. The molecule has 0 unspecified atom stereocenters. The number of rotatable bonds is 42. The van der Waals surface area contributed by atoms with Crippen molar-refractivity contribution in [1.29, 1.82) is 0 Å².